The number of para-hydroxylation sites is 1. The van der Waals surface area contributed by atoms with Crippen LogP contribution in [-0.4, -0.2) is 25.2 Å². The minimum absolute atomic E-state index is 0.0256. The molecule has 0 spiro atoms. The molecule has 0 amide bonds. The molecule has 0 aliphatic rings. The zero-order valence-corrected chi connectivity index (χ0v) is 15.2. The first-order valence-electron chi connectivity index (χ1n) is 8.56. The zero-order valence-electron chi connectivity index (χ0n) is 15.2. The minimum Gasteiger partial charge on any atom is -0.308 e. The molecule has 1 N–H and O–H groups in total. The first kappa shape index (κ1) is 17.2. The fourth-order valence-corrected chi connectivity index (χ4v) is 3.01. The molecule has 0 saturated heterocycles. The first-order valence-corrected chi connectivity index (χ1v) is 8.56. The van der Waals surface area contributed by atoms with Crippen LogP contribution in [0.25, 0.3) is 5.69 Å². The molecule has 1 aromatic carbocycles. The van der Waals surface area contributed by atoms with Crippen molar-refractivity contribution in [1.82, 2.24) is 24.5 Å². The van der Waals surface area contributed by atoms with E-state index in [1.165, 1.54) is 0 Å². The Morgan fingerprint density at radius 3 is 2.52 bits per heavy atom. The average Bonchev–Trinajstić information content (AvgIpc) is 3.22. The van der Waals surface area contributed by atoms with Crippen LogP contribution in [0.5, 0.6) is 0 Å². The highest BCUT2D eigenvalue weighted by Gasteiger charge is 2.18. The van der Waals surface area contributed by atoms with Crippen molar-refractivity contribution in [3.63, 3.8) is 0 Å². The summed E-state index contributed by atoms with van der Waals surface area (Å²) in [5, 5.41) is 7.77. The normalized spacial score (nSPS) is 13.8. The summed E-state index contributed by atoms with van der Waals surface area (Å²) in [6, 6.07) is 12.0. The monoisotopic (exact) mass is 339 g/mol. The van der Waals surface area contributed by atoms with Crippen LogP contribution in [0.15, 0.2) is 53.6 Å². The predicted octanol–water partition coefficient (Wildman–Crippen LogP) is 2.42. The third kappa shape index (κ3) is 3.30. The van der Waals surface area contributed by atoms with Crippen LogP contribution in [0.4, 0.5) is 0 Å². The lowest BCUT2D eigenvalue weighted by atomic mass is 10.1. The fraction of sp³-hybridized carbons (Fsp3) is 0.368. The standard InChI is InChI=1S/C19H25N5O/c1-14(15(2)23-12-8-11-21-23)20-13-18-16(3)22(4)24(19(18)25)17-9-6-5-7-10-17/h5-12,14-15,20H,13H2,1-4H3/t14-,15-/m0/s1. The van der Waals surface area contributed by atoms with Crippen LogP contribution in [0.1, 0.15) is 31.1 Å². The molecule has 0 saturated carbocycles. The van der Waals surface area contributed by atoms with Crippen molar-refractivity contribution >= 4 is 0 Å². The van der Waals surface area contributed by atoms with E-state index in [1.807, 2.05) is 65.9 Å². The van der Waals surface area contributed by atoms with Gasteiger partial charge in [-0.25, -0.2) is 4.68 Å². The molecular formula is C19H25N5O. The lowest BCUT2D eigenvalue weighted by Crippen LogP contribution is -2.35. The summed E-state index contributed by atoms with van der Waals surface area (Å²) < 4.78 is 5.56. The molecule has 0 unspecified atom stereocenters. The summed E-state index contributed by atoms with van der Waals surface area (Å²) >= 11 is 0. The summed E-state index contributed by atoms with van der Waals surface area (Å²) in [6.07, 6.45) is 3.74. The Hall–Kier alpha value is -2.60. The lowest BCUT2D eigenvalue weighted by molar-refractivity contribution is 0.364. The number of hydrogen-bond donors (Lipinski definition) is 1. The maximum absolute atomic E-state index is 12.9. The van der Waals surface area contributed by atoms with Gasteiger partial charge >= 0.3 is 0 Å². The summed E-state index contributed by atoms with van der Waals surface area (Å²) in [6.45, 7) is 6.75. The third-order valence-electron chi connectivity index (χ3n) is 4.94. The van der Waals surface area contributed by atoms with Gasteiger partial charge in [-0.1, -0.05) is 18.2 Å². The number of aromatic nitrogens is 4. The van der Waals surface area contributed by atoms with E-state index in [1.54, 1.807) is 10.9 Å². The van der Waals surface area contributed by atoms with Gasteiger partial charge < -0.3 is 5.32 Å². The minimum atomic E-state index is 0.0256. The van der Waals surface area contributed by atoms with Gasteiger partial charge in [-0.15, -0.1) is 0 Å². The smallest absolute Gasteiger partial charge is 0.276 e. The van der Waals surface area contributed by atoms with Crippen molar-refractivity contribution in [2.24, 2.45) is 7.05 Å². The summed E-state index contributed by atoms with van der Waals surface area (Å²) in [7, 11) is 1.92. The molecule has 25 heavy (non-hydrogen) atoms. The molecular weight excluding hydrogens is 314 g/mol. The molecule has 0 aliphatic heterocycles. The van der Waals surface area contributed by atoms with Gasteiger partial charge in [0.15, 0.2) is 0 Å². The van der Waals surface area contributed by atoms with Crippen LogP contribution in [0, 0.1) is 6.92 Å². The van der Waals surface area contributed by atoms with Crippen LogP contribution in [0.2, 0.25) is 0 Å². The molecule has 2 heterocycles. The highest BCUT2D eigenvalue weighted by molar-refractivity contribution is 5.33. The molecule has 132 valence electrons. The highest BCUT2D eigenvalue weighted by atomic mass is 16.1. The number of nitrogens with one attached hydrogen (secondary N) is 1. The number of hydrogen-bond acceptors (Lipinski definition) is 3. The quantitative estimate of drug-likeness (QED) is 0.750. The Balaban J connectivity index is 1.81. The van der Waals surface area contributed by atoms with Crippen LogP contribution >= 0.6 is 0 Å². The van der Waals surface area contributed by atoms with E-state index >= 15 is 0 Å². The van der Waals surface area contributed by atoms with Crippen molar-refractivity contribution < 1.29 is 0 Å². The predicted molar refractivity (Wildman–Crippen MR) is 99.0 cm³/mol. The van der Waals surface area contributed by atoms with Gasteiger partial charge in [0.1, 0.15) is 0 Å². The second-order valence-corrected chi connectivity index (χ2v) is 6.44. The molecule has 3 rings (SSSR count). The van der Waals surface area contributed by atoms with E-state index in [0.717, 1.165) is 16.9 Å². The molecule has 0 aliphatic carbocycles. The Morgan fingerprint density at radius 2 is 1.88 bits per heavy atom. The van der Waals surface area contributed by atoms with Gasteiger partial charge in [0.25, 0.3) is 5.56 Å². The van der Waals surface area contributed by atoms with E-state index in [0.29, 0.717) is 6.54 Å². The van der Waals surface area contributed by atoms with Crippen molar-refractivity contribution in [1.29, 1.82) is 0 Å². The van der Waals surface area contributed by atoms with Gasteiger partial charge in [0, 0.05) is 37.7 Å². The van der Waals surface area contributed by atoms with Gasteiger partial charge in [0.2, 0.25) is 0 Å². The van der Waals surface area contributed by atoms with E-state index in [-0.39, 0.29) is 17.6 Å². The summed E-state index contributed by atoms with van der Waals surface area (Å²) in [5.41, 5.74) is 2.67. The van der Waals surface area contributed by atoms with Crippen molar-refractivity contribution in [2.75, 3.05) is 0 Å². The maximum Gasteiger partial charge on any atom is 0.276 e. The van der Waals surface area contributed by atoms with Crippen molar-refractivity contribution in [2.45, 2.75) is 39.4 Å². The molecule has 3 aromatic rings. The second-order valence-electron chi connectivity index (χ2n) is 6.44. The molecule has 2 aromatic heterocycles. The number of benzene rings is 1. The molecule has 0 bridgehead atoms. The molecule has 6 nitrogen and oxygen atoms in total. The summed E-state index contributed by atoms with van der Waals surface area (Å²) in [4.78, 5) is 12.9. The van der Waals surface area contributed by atoms with Gasteiger partial charge in [0.05, 0.1) is 17.3 Å². The Bertz CT molecular complexity index is 877. The van der Waals surface area contributed by atoms with Crippen LogP contribution in [-0.2, 0) is 13.6 Å². The molecule has 2 atom stereocenters. The van der Waals surface area contributed by atoms with E-state index in [2.05, 4.69) is 24.3 Å². The second kappa shape index (κ2) is 7.11. The molecule has 6 heteroatoms. The Kier molecular flexibility index (Phi) is 4.90. The van der Waals surface area contributed by atoms with E-state index < -0.39 is 0 Å². The van der Waals surface area contributed by atoms with Gasteiger partial charge in [-0.3, -0.25) is 14.2 Å². The van der Waals surface area contributed by atoms with E-state index in [9.17, 15) is 4.79 Å². The average molecular weight is 339 g/mol. The maximum atomic E-state index is 12.9. The van der Waals surface area contributed by atoms with Crippen molar-refractivity contribution in [3.8, 4) is 5.69 Å². The van der Waals surface area contributed by atoms with Crippen LogP contribution in [0.3, 0.4) is 0 Å². The van der Waals surface area contributed by atoms with Crippen molar-refractivity contribution in [3.05, 3.63) is 70.4 Å². The third-order valence-corrected chi connectivity index (χ3v) is 4.94. The highest BCUT2D eigenvalue weighted by Crippen LogP contribution is 2.12. The SMILES string of the molecule is Cc1c(CN[C@@H](C)[C@H](C)n2cccn2)c(=O)n(-c2ccccc2)n1C. The summed E-state index contributed by atoms with van der Waals surface area (Å²) in [5.74, 6) is 0. The van der Waals surface area contributed by atoms with Gasteiger partial charge in [-0.2, -0.15) is 5.10 Å². The Morgan fingerprint density at radius 1 is 1.16 bits per heavy atom. The first-order chi connectivity index (χ1) is 12.0. The Labute approximate surface area is 147 Å². The molecule has 0 radical (unpaired) electrons. The largest absolute Gasteiger partial charge is 0.308 e. The molecule has 0 fully saturated rings. The van der Waals surface area contributed by atoms with E-state index in [4.69, 9.17) is 0 Å². The fourth-order valence-electron chi connectivity index (χ4n) is 3.01. The topological polar surface area (TPSA) is 56.8 Å². The van der Waals surface area contributed by atoms with Crippen LogP contribution < -0.4 is 10.9 Å². The number of nitrogens with zero attached hydrogens (tertiary/aromatic N) is 4. The lowest BCUT2D eigenvalue weighted by Gasteiger charge is -2.21. The zero-order chi connectivity index (χ0) is 18.0. The number of rotatable bonds is 6. The van der Waals surface area contributed by atoms with Gasteiger partial charge in [-0.05, 0) is 39.0 Å².